The van der Waals surface area contributed by atoms with Gasteiger partial charge in [-0.05, 0) is 120 Å². The fraction of sp³-hybridized carbons (Fsp3) is 0.234. The van der Waals surface area contributed by atoms with Crippen LogP contribution in [0.15, 0.2) is 109 Å². The van der Waals surface area contributed by atoms with Crippen LogP contribution in [0.4, 0.5) is 13.2 Å². The molecule has 0 radical (unpaired) electrons. The van der Waals surface area contributed by atoms with Gasteiger partial charge in [-0.25, -0.2) is 0 Å². The second kappa shape index (κ2) is 10.3. The number of fused-ring (bicyclic) bond motifs is 9. The van der Waals surface area contributed by atoms with E-state index in [0.717, 1.165) is 55.8 Å². The summed E-state index contributed by atoms with van der Waals surface area (Å²) in [6.07, 6.45) is -4.51. The van der Waals surface area contributed by atoms with Crippen LogP contribution < -0.4 is 4.74 Å². The maximum atomic E-state index is 14.9. The van der Waals surface area contributed by atoms with E-state index in [2.05, 4.69) is 96.1 Å². The minimum Gasteiger partial charge on any atom is -0.496 e. The van der Waals surface area contributed by atoms with E-state index >= 15 is 0 Å². The Morgan fingerprint density at radius 2 is 0.824 bits per heavy atom. The predicted octanol–water partition coefficient (Wildman–Crippen LogP) is 13.0. The minimum atomic E-state index is -4.51. The molecular weight excluding hydrogens is 638 g/mol. The summed E-state index contributed by atoms with van der Waals surface area (Å²) in [4.78, 5) is 0. The smallest absolute Gasteiger partial charge is 0.417 e. The third-order valence-corrected chi connectivity index (χ3v) is 12.2. The Labute approximate surface area is 297 Å². The number of benzene rings is 6. The summed E-state index contributed by atoms with van der Waals surface area (Å²) >= 11 is 0. The van der Waals surface area contributed by atoms with Crippen molar-refractivity contribution in [3.8, 4) is 61.4 Å². The van der Waals surface area contributed by atoms with Gasteiger partial charge in [-0.1, -0.05) is 114 Å². The van der Waals surface area contributed by atoms with Gasteiger partial charge in [0.15, 0.2) is 0 Å². The highest BCUT2D eigenvalue weighted by Gasteiger charge is 2.42. The zero-order chi connectivity index (χ0) is 35.8. The maximum absolute atomic E-state index is 14.9. The topological polar surface area (TPSA) is 9.23 Å². The van der Waals surface area contributed by atoms with Crippen molar-refractivity contribution < 1.29 is 17.9 Å². The second-order valence-corrected chi connectivity index (χ2v) is 16.0. The first-order valence-corrected chi connectivity index (χ1v) is 17.6. The molecule has 0 atom stereocenters. The summed E-state index contributed by atoms with van der Waals surface area (Å²) in [5, 5.41) is 0. The summed E-state index contributed by atoms with van der Waals surface area (Å²) in [5.41, 5.74) is 14.2. The fourth-order valence-corrected chi connectivity index (χ4v) is 9.42. The molecule has 0 aliphatic heterocycles. The molecule has 0 aromatic heterocycles. The minimum absolute atomic E-state index is 0.152. The van der Waals surface area contributed by atoms with Gasteiger partial charge in [-0.3, -0.25) is 0 Å². The van der Waals surface area contributed by atoms with Crippen LogP contribution in [0.2, 0.25) is 0 Å². The molecule has 3 aliphatic carbocycles. The summed E-state index contributed by atoms with van der Waals surface area (Å²) in [7, 11) is 1.72. The van der Waals surface area contributed by atoms with E-state index in [0.29, 0.717) is 11.1 Å². The van der Waals surface area contributed by atoms with Gasteiger partial charge in [0.2, 0.25) is 0 Å². The first-order valence-electron chi connectivity index (χ1n) is 17.6. The van der Waals surface area contributed by atoms with E-state index < -0.39 is 22.6 Å². The van der Waals surface area contributed by atoms with Gasteiger partial charge in [0.05, 0.1) is 12.7 Å². The average molecular weight is 677 g/mol. The monoisotopic (exact) mass is 676 g/mol. The molecular formula is C47H39F3O. The van der Waals surface area contributed by atoms with E-state index in [1.54, 1.807) is 13.2 Å². The number of alkyl halides is 3. The summed E-state index contributed by atoms with van der Waals surface area (Å²) in [6.45, 7) is 13.1. The normalized spacial score (nSPS) is 16.5. The molecule has 51 heavy (non-hydrogen) atoms. The third kappa shape index (κ3) is 4.29. The highest BCUT2D eigenvalue weighted by atomic mass is 19.4. The number of rotatable bonds is 3. The zero-order valence-electron chi connectivity index (χ0n) is 29.9. The van der Waals surface area contributed by atoms with Crippen LogP contribution in [-0.2, 0) is 22.4 Å². The quantitative estimate of drug-likeness (QED) is 0.181. The highest BCUT2D eigenvalue weighted by Crippen LogP contribution is 2.56. The molecule has 6 aromatic carbocycles. The molecule has 0 saturated carbocycles. The lowest BCUT2D eigenvalue weighted by molar-refractivity contribution is -0.137. The van der Waals surface area contributed by atoms with Gasteiger partial charge in [0.25, 0.3) is 0 Å². The molecule has 0 heterocycles. The molecule has 0 spiro atoms. The molecule has 254 valence electrons. The summed E-state index contributed by atoms with van der Waals surface area (Å²) < 4.78 is 50.7. The number of ether oxygens (including phenoxy) is 1. The largest absolute Gasteiger partial charge is 0.496 e. The van der Waals surface area contributed by atoms with Crippen LogP contribution in [0.5, 0.6) is 5.75 Å². The maximum Gasteiger partial charge on any atom is 0.417 e. The summed E-state index contributed by atoms with van der Waals surface area (Å²) in [6, 6.07) is 36.5. The van der Waals surface area contributed by atoms with Crippen LogP contribution in [0, 0.1) is 0 Å². The Kier molecular flexibility index (Phi) is 6.40. The predicted molar refractivity (Wildman–Crippen MR) is 202 cm³/mol. The molecule has 0 unspecified atom stereocenters. The standard InChI is InChI=1S/C47H39F3O/c1-44(2)36-14-10-8-12-28(36)34-24-42(47(48,49)50)32(22-40(34)44)26-16-18-30-31-19-17-27(21-39(31)46(5,6)38(30)20-26)33-23-41-35(25-43(33)51-7)29-13-9-11-15-37(29)45(41,3)4/h8-25H,1-7H3. The van der Waals surface area contributed by atoms with Gasteiger partial charge in [-0.2, -0.15) is 13.2 Å². The van der Waals surface area contributed by atoms with Gasteiger partial charge in [0, 0.05) is 21.8 Å². The second-order valence-electron chi connectivity index (χ2n) is 16.0. The van der Waals surface area contributed by atoms with Gasteiger partial charge < -0.3 is 4.74 Å². The summed E-state index contributed by atoms with van der Waals surface area (Å²) in [5.74, 6) is 0.818. The molecule has 0 amide bonds. The fourth-order valence-electron chi connectivity index (χ4n) is 9.42. The molecule has 0 N–H and O–H groups in total. The SMILES string of the molecule is COc1cc2c(cc1-c1ccc3c(c1)C(C)(C)c1cc(-c4cc5c(cc4C(F)(F)F)-c4ccccc4C5(C)C)ccc1-3)C(C)(C)c1ccccc1-2. The van der Waals surface area contributed by atoms with Crippen molar-refractivity contribution in [1.29, 1.82) is 0 Å². The van der Waals surface area contributed by atoms with E-state index in [1.165, 1.54) is 28.3 Å². The first-order chi connectivity index (χ1) is 24.1. The van der Waals surface area contributed by atoms with Crippen LogP contribution in [0.25, 0.3) is 55.6 Å². The van der Waals surface area contributed by atoms with Crippen LogP contribution in [0.1, 0.15) is 80.5 Å². The number of hydrogen-bond donors (Lipinski definition) is 0. The van der Waals surface area contributed by atoms with Crippen molar-refractivity contribution in [2.75, 3.05) is 7.11 Å². The van der Waals surface area contributed by atoms with Crippen molar-refractivity contribution in [2.45, 2.75) is 64.0 Å². The third-order valence-electron chi connectivity index (χ3n) is 12.2. The van der Waals surface area contributed by atoms with E-state index in [-0.39, 0.29) is 11.0 Å². The molecule has 4 heteroatoms. The van der Waals surface area contributed by atoms with E-state index in [1.807, 2.05) is 42.5 Å². The molecule has 6 aromatic rings. The van der Waals surface area contributed by atoms with Gasteiger partial charge in [0.1, 0.15) is 5.75 Å². The van der Waals surface area contributed by atoms with Crippen molar-refractivity contribution in [2.24, 2.45) is 0 Å². The van der Waals surface area contributed by atoms with Crippen LogP contribution >= 0.6 is 0 Å². The van der Waals surface area contributed by atoms with Gasteiger partial charge >= 0.3 is 6.18 Å². The Balaban J connectivity index is 1.16. The molecule has 1 nitrogen and oxygen atoms in total. The van der Waals surface area contributed by atoms with Crippen LogP contribution in [-0.4, -0.2) is 7.11 Å². The van der Waals surface area contributed by atoms with Crippen molar-refractivity contribution in [3.05, 3.63) is 148 Å². The lowest BCUT2D eigenvalue weighted by Gasteiger charge is -2.25. The average Bonchev–Trinajstić information content (AvgIpc) is 3.58. The molecule has 0 bridgehead atoms. The molecule has 3 aliphatic rings. The van der Waals surface area contributed by atoms with Crippen molar-refractivity contribution in [3.63, 3.8) is 0 Å². The Bertz CT molecular complexity index is 2480. The lowest BCUT2D eigenvalue weighted by Crippen LogP contribution is -2.17. The molecule has 9 rings (SSSR count). The molecule has 0 saturated heterocycles. The first kappa shape index (κ1) is 31.9. The van der Waals surface area contributed by atoms with Crippen molar-refractivity contribution >= 4 is 0 Å². The molecule has 0 fully saturated rings. The lowest BCUT2D eigenvalue weighted by atomic mass is 9.79. The van der Waals surface area contributed by atoms with Crippen molar-refractivity contribution in [1.82, 2.24) is 0 Å². The van der Waals surface area contributed by atoms with E-state index in [4.69, 9.17) is 4.74 Å². The Hall–Kier alpha value is -5.09. The highest BCUT2D eigenvalue weighted by molar-refractivity contribution is 5.91. The Morgan fingerprint density at radius 1 is 0.412 bits per heavy atom. The number of methoxy groups -OCH3 is 1. The Morgan fingerprint density at radius 3 is 1.33 bits per heavy atom. The zero-order valence-corrected chi connectivity index (χ0v) is 29.9. The van der Waals surface area contributed by atoms with Gasteiger partial charge in [-0.15, -0.1) is 0 Å². The van der Waals surface area contributed by atoms with Crippen LogP contribution in [0.3, 0.4) is 0 Å². The van der Waals surface area contributed by atoms with E-state index in [9.17, 15) is 13.2 Å². The number of hydrogen-bond acceptors (Lipinski definition) is 1. The number of halogens is 3.